The molecule has 31 heavy (non-hydrogen) atoms. The first-order chi connectivity index (χ1) is 14.6. The van der Waals surface area contributed by atoms with Gasteiger partial charge in [0.05, 0.1) is 24.1 Å². The van der Waals surface area contributed by atoms with Gasteiger partial charge in [-0.15, -0.1) is 0 Å². The number of benzene rings is 2. The van der Waals surface area contributed by atoms with E-state index in [0.29, 0.717) is 16.0 Å². The fraction of sp³-hybridized carbons (Fsp3) is 0.273. The number of aromatic nitrogens is 2. The van der Waals surface area contributed by atoms with E-state index in [1.807, 2.05) is 0 Å². The highest BCUT2D eigenvalue weighted by atomic mass is 32.2. The van der Waals surface area contributed by atoms with Gasteiger partial charge in [-0.25, -0.2) is 8.78 Å². The summed E-state index contributed by atoms with van der Waals surface area (Å²) in [6, 6.07) is 9.74. The number of ether oxygens (including phenoxy) is 1. The highest BCUT2D eigenvalue weighted by Gasteiger charge is 2.19. The fourth-order valence-corrected chi connectivity index (χ4v) is 3.33. The van der Waals surface area contributed by atoms with Crippen LogP contribution in [0.4, 0.5) is 8.78 Å². The van der Waals surface area contributed by atoms with Gasteiger partial charge in [0.2, 0.25) is 0 Å². The Kier molecular flexibility index (Phi) is 6.78. The van der Waals surface area contributed by atoms with Gasteiger partial charge in [-0.1, -0.05) is 0 Å². The van der Waals surface area contributed by atoms with Crippen molar-refractivity contribution in [2.24, 2.45) is 0 Å². The van der Waals surface area contributed by atoms with E-state index < -0.39 is 34.0 Å². The Morgan fingerprint density at radius 2 is 1.84 bits per heavy atom. The molecule has 1 N–H and O–H groups in total. The highest BCUT2D eigenvalue weighted by Crippen LogP contribution is 2.28. The Balaban J connectivity index is 2.08. The molecule has 0 bridgehead atoms. The lowest BCUT2D eigenvalue weighted by Crippen LogP contribution is -2.26. The molecule has 0 saturated carbocycles. The first-order valence-electron chi connectivity index (χ1n) is 9.43. The van der Waals surface area contributed by atoms with Crippen LogP contribution in [0, 0.1) is 11.6 Å². The van der Waals surface area contributed by atoms with Gasteiger partial charge < -0.3 is 14.4 Å². The molecule has 2 aromatic carbocycles. The normalized spacial score (nSPS) is 12.6. The number of rotatable bonds is 7. The molecule has 164 valence electrons. The van der Waals surface area contributed by atoms with Crippen molar-refractivity contribution < 1.29 is 23.2 Å². The molecule has 0 spiro atoms. The Hall–Kier alpha value is -2.75. The summed E-state index contributed by atoms with van der Waals surface area (Å²) in [6.45, 7) is 3.28. The molecule has 1 unspecified atom stereocenters. The van der Waals surface area contributed by atoms with E-state index in [2.05, 4.69) is 5.10 Å². The predicted octanol–water partition coefficient (Wildman–Crippen LogP) is 3.45. The summed E-state index contributed by atoms with van der Waals surface area (Å²) < 4.78 is 45.3. The third kappa shape index (κ3) is 5.49. The van der Waals surface area contributed by atoms with Crippen molar-refractivity contribution in [3.63, 3.8) is 0 Å². The maximum absolute atomic E-state index is 13.7. The van der Waals surface area contributed by atoms with Crippen molar-refractivity contribution in [1.29, 1.82) is 0 Å². The van der Waals surface area contributed by atoms with E-state index >= 15 is 0 Å². The average molecular weight is 448 g/mol. The van der Waals surface area contributed by atoms with Crippen LogP contribution in [0.2, 0.25) is 0 Å². The molecule has 0 amide bonds. The van der Waals surface area contributed by atoms with Crippen molar-refractivity contribution >= 4 is 11.2 Å². The molecule has 1 aromatic heterocycles. The summed E-state index contributed by atoms with van der Waals surface area (Å²) in [7, 11) is 0. The molecule has 1 atom stereocenters. The third-order valence-corrected chi connectivity index (χ3v) is 5.47. The maximum Gasteiger partial charge on any atom is 0.314 e. The molecule has 0 radical (unpaired) electrons. The van der Waals surface area contributed by atoms with Gasteiger partial charge in [0, 0.05) is 18.1 Å². The molecule has 0 aliphatic heterocycles. The lowest BCUT2D eigenvalue weighted by Gasteiger charge is -2.18. The van der Waals surface area contributed by atoms with Gasteiger partial charge in [0.15, 0.2) is 22.3 Å². The van der Waals surface area contributed by atoms with E-state index in [9.17, 15) is 23.2 Å². The SMILES string of the molecule is C[S+]([O-])c1ccc(-c2cnn(-c3ccc(F)c(F)c3)c(=O)c2OCCC(C)(C)O)cc1. The predicted molar refractivity (Wildman–Crippen MR) is 114 cm³/mol. The van der Waals surface area contributed by atoms with Gasteiger partial charge in [-0.2, -0.15) is 9.78 Å². The van der Waals surface area contributed by atoms with Gasteiger partial charge in [-0.3, -0.25) is 4.79 Å². The van der Waals surface area contributed by atoms with Gasteiger partial charge >= 0.3 is 5.56 Å². The second-order valence-corrected chi connectivity index (χ2v) is 8.97. The molecule has 1 heterocycles. The summed E-state index contributed by atoms with van der Waals surface area (Å²) in [5.74, 6) is -2.19. The summed E-state index contributed by atoms with van der Waals surface area (Å²) in [5, 5.41) is 14.0. The molecule has 0 aliphatic rings. The summed E-state index contributed by atoms with van der Waals surface area (Å²) in [6.07, 6.45) is 3.21. The first-order valence-corrected chi connectivity index (χ1v) is 11.0. The van der Waals surface area contributed by atoms with Crippen molar-refractivity contribution in [1.82, 2.24) is 9.78 Å². The zero-order chi connectivity index (χ0) is 22.8. The van der Waals surface area contributed by atoms with E-state index in [1.165, 1.54) is 12.3 Å². The standard InChI is InChI=1S/C22H22F2N2O4S/c1-22(2,28)10-11-30-20-17(14-4-7-16(8-5-14)31(3)29)13-25-26(21(20)27)15-6-9-18(23)19(24)12-15/h4-9,12-13,28H,10-11H2,1-3H3. The summed E-state index contributed by atoms with van der Waals surface area (Å²) >= 11 is -1.16. The van der Waals surface area contributed by atoms with Crippen LogP contribution in [0.5, 0.6) is 5.75 Å². The summed E-state index contributed by atoms with van der Waals surface area (Å²) in [5.41, 5.74) is -0.636. The second kappa shape index (κ2) is 9.17. The van der Waals surface area contributed by atoms with Crippen LogP contribution in [-0.4, -0.2) is 37.9 Å². The van der Waals surface area contributed by atoms with Crippen molar-refractivity contribution in [2.75, 3.05) is 12.9 Å². The quantitative estimate of drug-likeness (QED) is 0.560. The molecular weight excluding hydrogens is 426 g/mol. The van der Waals surface area contributed by atoms with Crippen LogP contribution in [0.3, 0.4) is 0 Å². The smallest absolute Gasteiger partial charge is 0.314 e. The van der Waals surface area contributed by atoms with E-state index in [4.69, 9.17) is 4.74 Å². The number of nitrogens with zero attached hydrogens (tertiary/aromatic N) is 2. The minimum Gasteiger partial charge on any atom is -0.612 e. The van der Waals surface area contributed by atoms with Crippen LogP contribution in [0.15, 0.2) is 58.4 Å². The zero-order valence-corrected chi connectivity index (χ0v) is 18.1. The Morgan fingerprint density at radius 1 is 1.16 bits per heavy atom. The molecule has 9 heteroatoms. The van der Waals surface area contributed by atoms with Gasteiger partial charge in [0.25, 0.3) is 0 Å². The number of hydrogen-bond acceptors (Lipinski definition) is 5. The van der Waals surface area contributed by atoms with Crippen molar-refractivity contribution in [3.8, 4) is 22.6 Å². The van der Waals surface area contributed by atoms with Gasteiger partial charge in [0.1, 0.15) is 6.26 Å². The highest BCUT2D eigenvalue weighted by molar-refractivity contribution is 7.90. The molecule has 3 aromatic rings. The molecule has 6 nitrogen and oxygen atoms in total. The second-order valence-electron chi connectivity index (χ2n) is 7.59. The number of hydrogen-bond donors (Lipinski definition) is 1. The molecule has 3 rings (SSSR count). The third-order valence-electron chi connectivity index (χ3n) is 4.54. The van der Waals surface area contributed by atoms with Crippen LogP contribution in [-0.2, 0) is 11.2 Å². The molecule has 0 fully saturated rings. The van der Waals surface area contributed by atoms with Crippen molar-refractivity contribution in [2.45, 2.75) is 30.8 Å². The van der Waals surface area contributed by atoms with E-state index in [1.54, 1.807) is 44.4 Å². The van der Waals surface area contributed by atoms with Crippen LogP contribution in [0.1, 0.15) is 20.3 Å². The number of aliphatic hydroxyl groups is 1. The Bertz CT molecular complexity index is 1130. The lowest BCUT2D eigenvalue weighted by atomic mass is 10.1. The van der Waals surface area contributed by atoms with E-state index in [-0.39, 0.29) is 24.5 Å². The van der Waals surface area contributed by atoms with Crippen molar-refractivity contribution in [3.05, 3.63) is 70.6 Å². The zero-order valence-electron chi connectivity index (χ0n) is 17.3. The molecule has 0 aliphatic carbocycles. The Labute approximate surface area is 181 Å². The minimum absolute atomic E-state index is 0.0412. The monoisotopic (exact) mass is 448 g/mol. The first kappa shape index (κ1) is 22.9. The average Bonchev–Trinajstić information content (AvgIpc) is 2.70. The van der Waals surface area contributed by atoms with Crippen LogP contribution >= 0.6 is 0 Å². The lowest BCUT2D eigenvalue weighted by molar-refractivity contribution is 0.0551. The largest absolute Gasteiger partial charge is 0.612 e. The minimum atomic E-state index is -1.16. The van der Waals surface area contributed by atoms with Gasteiger partial charge in [-0.05, 0) is 67.0 Å². The topological polar surface area (TPSA) is 87.4 Å². The van der Waals surface area contributed by atoms with Crippen LogP contribution in [0.25, 0.3) is 16.8 Å². The summed E-state index contributed by atoms with van der Waals surface area (Å²) in [4.78, 5) is 13.8. The fourth-order valence-electron chi connectivity index (χ4n) is 2.81. The Morgan fingerprint density at radius 3 is 2.42 bits per heavy atom. The number of halogens is 2. The van der Waals surface area contributed by atoms with E-state index in [0.717, 1.165) is 16.8 Å². The maximum atomic E-state index is 13.7. The molecular formula is C22H22F2N2O4S. The molecule has 0 saturated heterocycles. The van der Waals surface area contributed by atoms with Crippen LogP contribution < -0.4 is 10.3 Å².